The van der Waals surface area contributed by atoms with E-state index in [1.807, 2.05) is 0 Å². The predicted molar refractivity (Wildman–Crippen MR) is 59.0 cm³/mol. The number of hydrogen-bond donors (Lipinski definition) is 2. The van der Waals surface area contributed by atoms with Crippen molar-refractivity contribution in [3.8, 4) is 0 Å². The number of carbonyl (C=O) groups is 1. The van der Waals surface area contributed by atoms with Gasteiger partial charge in [-0.25, -0.2) is 4.79 Å². The molecule has 1 aliphatic heterocycles. The van der Waals surface area contributed by atoms with E-state index in [4.69, 9.17) is 15.7 Å². The van der Waals surface area contributed by atoms with E-state index in [-0.39, 0.29) is 17.8 Å². The van der Waals surface area contributed by atoms with E-state index in [2.05, 4.69) is 11.7 Å². The standard InChI is InChI=1S/C10H17N3O3/c1-7(2)16-10(14)13-5-3-8(4-6-13)9(11)12-15/h8,15H,1,3-6H2,2H3,(H2,11,12). The van der Waals surface area contributed by atoms with Gasteiger partial charge in [0, 0.05) is 19.0 Å². The van der Waals surface area contributed by atoms with Crippen LogP contribution in [0.25, 0.3) is 0 Å². The summed E-state index contributed by atoms with van der Waals surface area (Å²) in [6, 6.07) is 0. The Balaban J connectivity index is 2.43. The lowest BCUT2D eigenvalue weighted by Gasteiger charge is -2.30. The number of amidine groups is 1. The van der Waals surface area contributed by atoms with Gasteiger partial charge < -0.3 is 20.6 Å². The monoisotopic (exact) mass is 227 g/mol. The average Bonchev–Trinajstić information content (AvgIpc) is 2.27. The Morgan fingerprint density at radius 2 is 2.12 bits per heavy atom. The summed E-state index contributed by atoms with van der Waals surface area (Å²) in [5.74, 6) is 0.648. The second-order valence-corrected chi connectivity index (χ2v) is 3.86. The third-order valence-electron chi connectivity index (χ3n) is 2.55. The highest BCUT2D eigenvalue weighted by Gasteiger charge is 2.26. The van der Waals surface area contributed by atoms with Crippen LogP contribution in [-0.4, -0.2) is 35.1 Å². The predicted octanol–water partition coefficient (Wildman–Crippen LogP) is 1.11. The molecule has 0 unspecified atom stereocenters. The minimum atomic E-state index is -0.384. The summed E-state index contributed by atoms with van der Waals surface area (Å²) in [6.45, 7) is 6.23. The molecule has 6 nitrogen and oxygen atoms in total. The largest absolute Gasteiger partial charge is 0.416 e. The van der Waals surface area contributed by atoms with E-state index < -0.39 is 0 Å². The van der Waals surface area contributed by atoms with Gasteiger partial charge in [0.25, 0.3) is 0 Å². The molecule has 0 radical (unpaired) electrons. The van der Waals surface area contributed by atoms with Crippen LogP contribution in [0, 0.1) is 5.92 Å². The number of carbonyl (C=O) groups excluding carboxylic acids is 1. The summed E-state index contributed by atoms with van der Waals surface area (Å²) in [5, 5.41) is 11.5. The number of oxime groups is 1. The molecule has 1 rings (SSSR count). The van der Waals surface area contributed by atoms with E-state index in [0.717, 1.165) is 0 Å². The maximum atomic E-state index is 11.5. The SMILES string of the molecule is C=C(C)OC(=O)N1CCC(/C(N)=N/O)CC1. The first kappa shape index (κ1) is 12.4. The first-order valence-electron chi connectivity index (χ1n) is 5.14. The van der Waals surface area contributed by atoms with Gasteiger partial charge in [-0.1, -0.05) is 11.7 Å². The van der Waals surface area contributed by atoms with Crippen molar-refractivity contribution in [2.45, 2.75) is 19.8 Å². The van der Waals surface area contributed by atoms with Crippen LogP contribution in [0.5, 0.6) is 0 Å². The van der Waals surface area contributed by atoms with E-state index >= 15 is 0 Å². The number of nitrogens with zero attached hydrogens (tertiary/aromatic N) is 2. The first-order valence-corrected chi connectivity index (χ1v) is 5.14. The van der Waals surface area contributed by atoms with Crippen molar-refractivity contribution in [1.82, 2.24) is 4.90 Å². The third-order valence-corrected chi connectivity index (χ3v) is 2.55. The van der Waals surface area contributed by atoms with Crippen LogP contribution in [0.2, 0.25) is 0 Å². The van der Waals surface area contributed by atoms with Crippen LogP contribution >= 0.6 is 0 Å². The molecule has 1 aliphatic rings. The number of rotatable bonds is 2. The topological polar surface area (TPSA) is 88.2 Å². The lowest BCUT2D eigenvalue weighted by atomic mass is 9.96. The number of allylic oxidation sites excluding steroid dienone is 1. The molecule has 0 bridgehead atoms. The Hall–Kier alpha value is -1.72. The molecule has 0 aliphatic carbocycles. The lowest BCUT2D eigenvalue weighted by molar-refractivity contribution is 0.116. The number of ether oxygens (including phenoxy) is 1. The Bertz CT molecular complexity index is 306. The van der Waals surface area contributed by atoms with Gasteiger partial charge >= 0.3 is 6.09 Å². The van der Waals surface area contributed by atoms with Crippen molar-refractivity contribution >= 4 is 11.9 Å². The zero-order chi connectivity index (χ0) is 12.1. The van der Waals surface area contributed by atoms with Gasteiger partial charge in [-0.05, 0) is 19.8 Å². The number of likely N-dealkylation sites (tertiary alicyclic amines) is 1. The molecule has 16 heavy (non-hydrogen) atoms. The molecule has 0 aromatic heterocycles. The summed E-state index contributed by atoms with van der Waals surface area (Å²) < 4.78 is 4.89. The molecule has 0 aromatic rings. The Kier molecular flexibility index (Phi) is 4.16. The van der Waals surface area contributed by atoms with E-state index in [9.17, 15) is 4.79 Å². The van der Waals surface area contributed by atoms with Crippen LogP contribution in [0.15, 0.2) is 17.5 Å². The second kappa shape index (κ2) is 5.39. The lowest BCUT2D eigenvalue weighted by Crippen LogP contribution is -2.41. The van der Waals surface area contributed by atoms with E-state index in [1.54, 1.807) is 11.8 Å². The summed E-state index contributed by atoms with van der Waals surface area (Å²) in [5.41, 5.74) is 5.50. The van der Waals surface area contributed by atoms with Crippen molar-refractivity contribution in [2.24, 2.45) is 16.8 Å². The molecule has 1 heterocycles. The molecule has 3 N–H and O–H groups in total. The van der Waals surface area contributed by atoms with Gasteiger partial charge in [-0.3, -0.25) is 0 Å². The molecule has 1 saturated heterocycles. The molecule has 6 heteroatoms. The fraction of sp³-hybridized carbons (Fsp3) is 0.600. The van der Waals surface area contributed by atoms with Crippen molar-refractivity contribution in [3.05, 3.63) is 12.3 Å². The maximum absolute atomic E-state index is 11.5. The van der Waals surface area contributed by atoms with E-state index in [1.165, 1.54) is 0 Å². The molecular weight excluding hydrogens is 210 g/mol. The Morgan fingerprint density at radius 3 is 2.56 bits per heavy atom. The highest BCUT2D eigenvalue weighted by Crippen LogP contribution is 2.18. The van der Waals surface area contributed by atoms with Crippen LogP contribution in [0.4, 0.5) is 4.79 Å². The van der Waals surface area contributed by atoms with Crippen LogP contribution in [0.3, 0.4) is 0 Å². The van der Waals surface area contributed by atoms with Gasteiger partial charge in [-0.2, -0.15) is 0 Å². The van der Waals surface area contributed by atoms with Crippen molar-refractivity contribution in [3.63, 3.8) is 0 Å². The van der Waals surface area contributed by atoms with Crippen molar-refractivity contribution in [2.75, 3.05) is 13.1 Å². The molecule has 0 atom stereocenters. The minimum absolute atomic E-state index is 0.0406. The molecule has 0 aromatic carbocycles. The minimum Gasteiger partial charge on any atom is -0.416 e. The number of nitrogens with two attached hydrogens (primary N) is 1. The number of piperidine rings is 1. The normalized spacial score (nSPS) is 18.3. The number of hydrogen-bond acceptors (Lipinski definition) is 4. The molecule has 0 spiro atoms. The van der Waals surface area contributed by atoms with Gasteiger partial charge in [-0.15, -0.1) is 0 Å². The highest BCUT2D eigenvalue weighted by molar-refractivity contribution is 5.82. The average molecular weight is 227 g/mol. The zero-order valence-corrected chi connectivity index (χ0v) is 9.35. The first-order chi connectivity index (χ1) is 7.54. The summed E-state index contributed by atoms with van der Waals surface area (Å²) in [7, 11) is 0. The van der Waals surface area contributed by atoms with Gasteiger partial charge in [0.2, 0.25) is 0 Å². The molecular formula is C10H17N3O3. The summed E-state index contributed by atoms with van der Waals surface area (Å²) in [6.07, 6.45) is 0.980. The Morgan fingerprint density at radius 1 is 1.56 bits per heavy atom. The van der Waals surface area contributed by atoms with Crippen molar-refractivity contribution < 1.29 is 14.7 Å². The Labute approximate surface area is 94.3 Å². The maximum Gasteiger partial charge on any atom is 0.414 e. The fourth-order valence-electron chi connectivity index (χ4n) is 1.65. The number of amides is 1. The van der Waals surface area contributed by atoms with Gasteiger partial charge in [0.05, 0.1) is 5.76 Å². The molecule has 1 fully saturated rings. The highest BCUT2D eigenvalue weighted by atomic mass is 16.6. The van der Waals surface area contributed by atoms with Crippen LogP contribution in [-0.2, 0) is 4.74 Å². The smallest absolute Gasteiger partial charge is 0.414 e. The van der Waals surface area contributed by atoms with E-state index in [0.29, 0.717) is 31.7 Å². The van der Waals surface area contributed by atoms with Crippen LogP contribution < -0.4 is 5.73 Å². The fourth-order valence-corrected chi connectivity index (χ4v) is 1.65. The molecule has 1 amide bonds. The molecule has 0 saturated carbocycles. The summed E-state index contributed by atoms with van der Waals surface area (Å²) >= 11 is 0. The molecule has 90 valence electrons. The van der Waals surface area contributed by atoms with Gasteiger partial charge in [0.1, 0.15) is 5.84 Å². The third kappa shape index (κ3) is 3.15. The van der Waals surface area contributed by atoms with Crippen molar-refractivity contribution in [1.29, 1.82) is 0 Å². The van der Waals surface area contributed by atoms with Crippen LogP contribution in [0.1, 0.15) is 19.8 Å². The van der Waals surface area contributed by atoms with Gasteiger partial charge in [0.15, 0.2) is 0 Å². The second-order valence-electron chi connectivity index (χ2n) is 3.86. The zero-order valence-electron chi connectivity index (χ0n) is 9.35. The quantitative estimate of drug-likeness (QED) is 0.243. The summed E-state index contributed by atoms with van der Waals surface area (Å²) in [4.78, 5) is 13.1.